The Balaban J connectivity index is 1.36. The maximum absolute atomic E-state index is 10.5. The summed E-state index contributed by atoms with van der Waals surface area (Å²) in [6.07, 6.45) is 9.83. The lowest BCUT2D eigenvalue weighted by atomic mass is 9.75. The van der Waals surface area contributed by atoms with E-state index in [9.17, 15) is 4.57 Å². The van der Waals surface area contributed by atoms with Crippen molar-refractivity contribution in [3.05, 3.63) is 64.7 Å². The summed E-state index contributed by atoms with van der Waals surface area (Å²) in [5.41, 5.74) is 3.08. The molecular weight excluding hydrogens is 461 g/mol. The topological polar surface area (TPSA) is 58.6 Å². The van der Waals surface area contributed by atoms with E-state index in [2.05, 4.69) is 52.3 Å². The average Bonchev–Trinajstić information content (AvgIpc) is 3.28. The van der Waals surface area contributed by atoms with Crippen molar-refractivity contribution in [2.75, 3.05) is 18.9 Å². The standard InChI is InChI=1S/C25H33ClNO3PS/c26-23-19-21(20-27-16-8-17-30-31(28)29)11-12-24(23)32-18-7-6-15-25(13-4-5-14-25)22-9-2-1-3-10-22/h1-3,9-12,19,27H,4-8,13-18,20H2/p+1. The van der Waals surface area contributed by atoms with Crippen LogP contribution in [0.2, 0.25) is 5.02 Å². The van der Waals surface area contributed by atoms with Crippen molar-refractivity contribution >= 4 is 31.6 Å². The molecule has 0 spiro atoms. The summed E-state index contributed by atoms with van der Waals surface area (Å²) in [4.78, 5) is 9.74. The fraction of sp³-hybridized carbons (Fsp3) is 0.520. The van der Waals surface area contributed by atoms with E-state index in [0.29, 0.717) is 11.8 Å². The van der Waals surface area contributed by atoms with E-state index in [1.54, 1.807) is 0 Å². The lowest BCUT2D eigenvalue weighted by Gasteiger charge is -2.30. The van der Waals surface area contributed by atoms with E-state index in [1.165, 1.54) is 50.5 Å². The minimum Gasteiger partial charge on any atom is -0.313 e. The number of thioether (sulfide) groups is 1. The van der Waals surface area contributed by atoms with Crippen molar-refractivity contribution in [3.8, 4) is 0 Å². The molecule has 1 unspecified atom stereocenters. The van der Waals surface area contributed by atoms with Crippen LogP contribution in [0.15, 0.2) is 53.4 Å². The van der Waals surface area contributed by atoms with Gasteiger partial charge in [-0.15, -0.1) is 21.2 Å². The molecule has 32 heavy (non-hydrogen) atoms. The van der Waals surface area contributed by atoms with Crippen molar-refractivity contribution in [1.29, 1.82) is 0 Å². The number of benzene rings is 2. The molecule has 0 heterocycles. The van der Waals surface area contributed by atoms with Crippen LogP contribution in [0.1, 0.15) is 62.5 Å². The van der Waals surface area contributed by atoms with Crippen molar-refractivity contribution in [3.63, 3.8) is 0 Å². The Kier molecular flexibility index (Phi) is 11.0. The van der Waals surface area contributed by atoms with Crippen LogP contribution in [0, 0.1) is 0 Å². The first kappa shape index (κ1) is 25.7. The van der Waals surface area contributed by atoms with E-state index in [0.717, 1.165) is 34.3 Å². The highest BCUT2D eigenvalue weighted by Gasteiger charge is 2.34. The summed E-state index contributed by atoms with van der Waals surface area (Å²) in [6.45, 7) is 1.72. The maximum Gasteiger partial charge on any atom is 0.694 e. The van der Waals surface area contributed by atoms with Gasteiger partial charge in [0.2, 0.25) is 0 Å². The lowest BCUT2D eigenvalue weighted by Crippen LogP contribution is -2.21. The SMILES string of the molecule is O=[P+](O)OCCCNCc1ccc(SCCCCC2(c3ccccc3)CCCC2)c(Cl)c1. The van der Waals surface area contributed by atoms with E-state index < -0.39 is 8.25 Å². The molecule has 1 aliphatic carbocycles. The fourth-order valence-corrected chi connectivity index (χ4v) is 6.20. The van der Waals surface area contributed by atoms with Gasteiger partial charge in [-0.1, -0.05) is 67.3 Å². The molecule has 2 N–H and O–H groups in total. The van der Waals surface area contributed by atoms with Gasteiger partial charge in [0.15, 0.2) is 0 Å². The fourth-order valence-electron chi connectivity index (χ4n) is 4.62. The first-order valence-corrected chi connectivity index (χ1v) is 14.0. The molecular formula is C25H34ClNO3PS+. The summed E-state index contributed by atoms with van der Waals surface area (Å²) < 4.78 is 15.1. The van der Waals surface area contributed by atoms with Crippen LogP contribution in [0.4, 0.5) is 0 Å². The number of unbranched alkanes of at least 4 members (excludes halogenated alkanes) is 1. The molecule has 0 radical (unpaired) electrons. The average molecular weight is 495 g/mol. The first-order valence-electron chi connectivity index (χ1n) is 11.6. The number of halogens is 1. The molecule has 2 aromatic carbocycles. The largest absolute Gasteiger partial charge is 0.694 e. The van der Waals surface area contributed by atoms with E-state index >= 15 is 0 Å². The van der Waals surface area contributed by atoms with Gasteiger partial charge >= 0.3 is 8.25 Å². The molecule has 4 nitrogen and oxygen atoms in total. The van der Waals surface area contributed by atoms with Crippen molar-refractivity contribution in [2.24, 2.45) is 0 Å². The van der Waals surface area contributed by atoms with E-state index in [1.807, 2.05) is 17.8 Å². The van der Waals surface area contributed by atoms with E-state index in [-0.39, 0.29) is 6.61 Å². The first-order chi connectivity index (χ1) is 15.6. The van der Waals surface area contributed by atoms with Gasteiger partial charge in [0.05, 0.1) is 5.02 Å². The molecule has 7 heteroatoms. The van der Waals surface area contributed by atoms with Crippen LogP contribution in [0.25, 0.3) is 0 Å². The highest BCUT2D eigenvalue weighted by atomic mass is 35.5. The zero-order valence-corrected chi connectivity index (χ0v) is 21.1. The lowest BCUT2D eigenvalue weighted by molar-refractivity contribution is 0.276. The highest BCUT2D eigenvalue weighted by molar-refractivity contribution is 7.99. The third-order valence-corrected chi connectivity index (χ3v) is 8.27. The minimum absolute atomic E-state index is 0.279. The molecule has 1 saturated carbocycles. The molecule has 0 saturated heterocycles. The summed E-state index contributed by atoms with van der Waals surface area (Å²) in [7, 11) is -2.49. The van der Waals surface area contributed by atoms with Crippen LogP contribution >= 0.6 is 31.6 Å². The molecule has 0 bridgehead atoms. The van der Waals surface area contributed by atoms with Gasteiger partial charge in [-0.05, 0) is 73.1 Å². The van der Waals surface area contributed by atoms with E-state index in [4.69, 9.17) is 16.5 Å². The van der Waals surface area contributed by atoms with Crippen LogP contribution in [0.5, 0.6) is 0 Å². The highest BCUT2D eigenvalue weighted by Crippen LogP contribution is 2.45. The molecule has 1 aliphatic rings. The van der Waals surface area contributed by atoms with Crippen LogP contribution < -0.4 is 5.32 Å². The normalized spacial score (nSPS) is 15.8. The zero-order valence-electron chi connectivity index (χ0n) is 18.6. The summed E-state index contributed by atoms with van der Waals surface area (Å²) in [5, 5.41) is 4.12. The van der Waals surface area contributed by atoms with Crippen LogP contribution in [-0.4, -0.2) is 23.8 Å². The number of rotatable bonds is 14. The molecule has 174 valence electrons. The molecule has 0 aromatic heterocycles. The number of hydrogen-bond acceptors (Lipinski definition) is 4. The second kappa shape index (κ2) is 13.7. The molecule has 0 aliphatic heterocycles. The van der Waals surface area contributed by atoms with Gasteiger partial charge in [0.25, 0.3) is 0 Å². The molecule has 1 fully saturated rings. The summed E-state index contributed by atoms with van der Waals surface area (Å²) in [5.74, 6) is 1.09. The third kappa shape index (κ3) is 8.13. The molecule has 1 atom stereocenters. The summed E-state index contributed by atoms with van der Waals surface area (Å²) in [6, 6.07) is 17.4. The Morgan fingerprint density at radius 1 is 1.09 bits per heavy atom. The number of hydrogen-bond donors (Lipinski definition) is 2. The Morgan fingerprint density at radius 3 is 2.59 bits per heavy atom. The molecule has 2 aromatic rings. The van der Waals surface area contributed by atoms with Crippen LogP contribution in [-0.2, 0) is 21.0 Å². The van der Waals surface area contributed by atoms with Gasteiger partial charge in [-0.2, -0.15) is 0 Å². The second-order valence-electron chi connectivity index (χ2n) is 8.53. The minimum atomic E-state index is -2.49. The Morgan fingerprint density at radius 2 is 1.88 bits per heavy atom. The van der Waals surface area contributed by atoms with Crippen molar-refractivity contribution in [2.45, 2.75) is 68.2 Å². The van der Waals surface area contributed by atoms with Gasteiger partial charge < -0.3 is 5.32 Å². The Labute approximate surface area is 202 Å². The zero-order chi connectivity index (χ0) is 22.7. The third-order valence-electron chi connectivity index (χ3n) is 6.28. The maximum atomic E-state index is 10.5. The quantitative estimate of drug-likeness (QED) is 0.164. The van der Waals surface area contributed by atoms with Gasteiger partial charge in [0, 0.05) is 16.0 Å². The molecule has 0 amide bonds. The van der Waals surface area contributed by atoms with Crippen LogP contribution in [0.3, 0.4) is 0 Å². The van der Waals surface area contributed by atoms with Crippen molar-refractivity contribution in [1.82, 2.24) is 5.32 Å². The number of nitrogens with one attached hydrogen (secondary N) is 1. The second-order valence-corrected chi connectivity index (χ2v) is 10.8. The molecule has 3 rings (SSSR count). The van der Waals surface area contributed by atoms with Gasteiger partial charge in [-0.25, -0.2) is 0 Å². The Hall–Kier alpha value is -0.940. The smallest absolute Gasteiger partial charge is 0.313 e. The predicted octanol–water partition coefficient (Wildman–Crippen LogP) is 7.26. The van der Waals surface area contributed by atoms with Crippen molar-refractivity contribution < 1.29 is 14.0 Å². The Bertz CT molecular complexity index is 846. The summed E-state index contributed by atoms with van der Waals surface area (Å²) >= 11 is 8.37. The predicted molar refractivity (Wildman–Crippen MR) is 135 cm³/mol. The van der Waals surface area contributed by atoms with Gasteiger partial charge in [0.1, 0.15) is 6.61 Å². The van der Waals surface area contributed by atoms with Gasteiger partial charge in [-0.3, -0.25) is 0 Å². The monoisotopic (exact) mass is 494 g/mol.